The summed E-state index contributed by atoms with van der Waals surface area (Å²) in [5.74, 6) is 0.227. The quantitative estimate of drug-likeness (QED) is 0.708. The standard InChI is InChI=1S/C20H33FO3/c1-3-13-23-15-5-9-19(10-6-15)17(21)20(18(19)22)11-7-16(8-12-20)24-14-4-2/h15-17H,3-14H2,1-2H3/t15?,16?,17?,19-,20-. The Morgan fingerprint density at radius 2 is 1.25 bits per heavy atom. The second-order valence-electron chi connectivity index (χ2n) is 8.14. The fraction of sp³-hybridized carbons (Fsp3) is 0.950. The van der Waals surface area contributed by atoms with Gasteiger partial charge in [0.1, 0.15) is 6.17 Å². The topological polar surface area (TPSA) is 35.5 Å². The van der Waals surface area contributed by atoms with Crippen molar-refractivity contribution in [2.24, 2.45) is 10.8 Å². The Kier molecular flexibility index (Phi) is 5.65. The molecule has 3 nitrogen and oxygen atoms in total. The molecule has 24 heavy (non-hydrogen) atoms. The maximum atomic E-state index is 15.3. The Hall–Kier alpha value is -0.480. The Morgan fingerprint density at radius 1 is 0.875 bits per heavy atom. The first-order valence-electron chi connectivity index (χ1n) is 10.0. The van der Waals surface area contributed by atoms with Crippen molar-refractivity contribution in [1.29, 1.82) is 0 Å². The van der Waals surface area contributed by atoms with Gasteiger partial charge in [-0.15, -0.1) is 0 Å². The number of ether oxygens (including phenoxy) is 2. The van der Waals surface area contributed by atoms with E-state index in [9.17, 15) is 4.79 Å². The summed E-state index contributed by atoms with van der Waals surface area (Å²) < 4.78 is 26.9. The van der Waals surface area contributed by atoms with E-state index in [0.717, 1.165) is 51.7 Å². The molecular formula is C20H33FO3. The highest BCUT2D eigenvalue weighted by Crippen LogP contribution is 2.64. The molecule has 3 rings (SSSR count). The van der Waals surface area contributed by atoms with Crippen molar-refractivity contribution in [3.8, 4) is 0 Å². The summed E-state index contributed by atoms with van der Waals surface area (Å²) in [5.41, 5.74) is -1.35. The number of rotatable bonds is 6. The second-order valence-corrected chi connectivity index (χ2v) is 8.14. The second kappa shape index (κ2) is 7.41. The van der Waals surface area contributed by atoms with Crippen molar-refractivity contribution in [3.05, 3.63) is 0 Å². The predicted molar refractivity (Wildman–Crippen MR) is 91.8 cm³/mol. The zero-order valence-electron chi connectivity index (χ0n) is 15.3. The highest BCUT2D eigenvalue weighted by Gasteiger charge is 2.71. The monoisotopic (exact) mass is 340 g/mol. The average molecular weight is 340 g/mol. The largest absolute Gasteiger partial charge is 0.378 e. The van der Waals surface area contributed by atoms with Crippen LogP contribution < -0.4 is 0 Å². The highest BCUT2D eigenvalue weighted by molar-refractivity contribution is 5.98. The van der Waals surface area contributed by atoms with Crippen LogP contribution in [-0.2, 0) is 14.3 Å². The maximum Gasteiger partial charge on any atom is 0.151 e. The molecule has 0 atom stereocenters. The molecule has 3 saturated carbocycles. The third kappa shape index (κ3) is 2.94. The Morgan fingerprint density at radius 3 is 1.54 bits per heavy atom. The Bertz CT molecular complexity index is 396. The Labute approximate surface area is 145 Å². The molecule has 0 unspecified atom stereocenters. The Balaban J connectivity index is 1.55. The first kappa shape index (κ1) is 18.3. The molecule has 2 spiro atoms. The molecule has 0 amide bonds. The van der Waals surface area contributed by atoms with Gasteiger partial charge in [0, 0.05) is 13.2 Å². The molecule has 3 aliphatic carbocycles. The zero-order valence-corrected chi connectivity index (χ0v) is 15.3. The first-order valence-corrected chi connectivity index (χ1v) is 10.0. The predicted octanol–water partition coefficient (Wildman–Crippen LogP) is 4.62. The van der Waals surface area contributed by atoms with Crippen LogP contribution in [0.3, 0.4) is 0 Å². The van der Waals surface area contributed by atoms with Crippen LogP contribution in [0.25, 0.3) is 0 Å². The minimum atomic E-state index is -0.947. The number of hydrogen-bond donors (Lipinski definition) is 0. The van der Waals surface area contributed by atoms with Gasteiger partial charge in [-0.1, -0.05) is 13.8 Å². The van der Waals surface area contributed by atoms with Crippen LogP contribution in [0.4, 0.5) is 4.39 Å². The zero-order chi connectivity index (χ0) is 17.2. The van der Waals surface area contributed by atoms with Crippen LogP contribution >= 0.6 is 0 Å². The number of alkyl halides is 1. The van der Waals surface area contributed by atoms with Gasteiger partial charge in [0.25, 0.3) is 0 Å². The van der Waals surface area contributed by atoms with Crippen molar-refractivity contribution in [2.45, 2.75) is 96.4 Å². The molecular weight excluding hydrogens is 307 g/mol. The van der Waals surface area contributed by atoms with Gasteiger partial charge in [-0.25, -0.2) is 4.39 Å². The van der Waals surface area contributed by atoms with Crippen LogP contribution in [0.2, 0.25) is 0 Å². The van der Waals surface area contributed by atoms with Gasteiger partial charge in [0.15, 0.2) is 5.78 Å². The summed E-state index contributed by atoms with van der Waals surface area (Å²) in [5, 5.41) is 0. The van der Waals surface area contributed by atoms with Gasteiger partial charge < -0.3 is 9.47 Å². The van der Waals surface area contributed by atoms with Crippen LogP contribution in [-0.4, -0.2) is 37.4 Å². The van der Waals surface area contributed by atoms with Crippen molar-refractivity contribution >= 4 is 5.78 Å². The van der Waals surface area contributed by atoms with Crippen molar-refractivity contribution in [3.63, 3.8) is 0 Å². The molecule has 0 aliphatic heterocycles. The lowest BCUT2D eigenvalue weighted by Crippen LogP contribution is -2.69. The fourth-order valence-corrected chi connectivity index (χ4v) is 5.25. The van der Waals surface area contributed by atoms with Crippen LogP contribution in [0.1, 0.15) is 78.1 Å². The SMILES string of the molecule is CCCOC1CC[C@]2(CC1)C(=O)[C@@]1(CCC(OCCC)CC1)C2F. The molecule has 3 fully saturated rings. The van der Waals surface area contributed by atoms with Gasteiger partial charge in [-0.3, -0.25) is 4.79 Å². The number of ketones is 1. The van der Waals surface area contributed by atoms with E-state index < -0.39 is 17.0 Å². The van der Waals surface area contributed by atoms with Gasteiger partial charge in [-0.2, -0.15) is 0 Å². The minimum Gasteiger partial charge on any atom is -0.378 e. The molecule has 0 aromatic carbocycles. The third-order valence-corrected chi connectivity index (χ3v) is 6.64. The van der Waals surface area contributed by atoms with E-state index in [4.69, 9.17) is 9.47 Å². The highest BCUT2D eigenvalue weighted by atomic mass is 19.1. The van der Waals surface area contributed by atoms with Crippen molar-refractivity contribution in [1.82, 2.24) is 0 Å². The molecule has 0 aromatic heterocycles. The van der Waals surface area contributed by atoms with Crippen molar-refractivity contribution < 1.29 is 18.7 Å². The third-order valence-electron chi connectivity index (χ3n) is 6.64. The summed E-state index contributed by atoms with van der Waals surface area (Å²) >= 11 is 0. The molecule has 0 bridgehead atoms. The van der Waals surface area contributed by atoms with Crippen LogP contribution in [0, 0.1) is 10.8 Å². The smallest absolute Gasteiger partial charge is 0.151 e. The van der Waals surface area contributed by atoms with Gasteiger partial charge >= 0.3 is 0 Å². The number of carbonyl (C=O) groups is 1. The fourth-order valence-electron chi connectivity index (χ4n) is 5.25. The minimum absolute atomic E-state index is 0.227. The van der Waals surface area contributed by atoms with E-state index in [1.807, 2.05) is 0 Å². The van der Waals surface area contributed by atoms with E-state index >= 15 is 4.39 Å². The van der Waals surface area contributed by atoms with Gasteiger partial charge in [0.05, 0.1) is 23.0 Å². The number of hydrogen-bond acceptors (Lipinski definition) is 3. The molecule has 0 saturated heterocycles. The van der Waals surface area contributed by atoms with Crippen LogP contribution in [0.15, 0.2) is 0 Å². The lowest BCUT2D eigenvalue weighted by molar-refractivity contribution is -0.198. The molecule has 0 aromatic rings. The van der Waals surface area contributed by atoms with Crippen molar-refractivity contribution in [2.75, 3.05) is 13.2 Å². The summed E-state index contributed by atoms with van der Waals surface area (Å²) in [4.78, 5) is 13.0. The number of carbonyl (C=O) groups excluding carboxylic acids is 1. The summed E-state index contributed by atoms with van der Waals surface area (Å²) in [7, 11) is 0. The average Bonchev–Trinajstić information content (AvgIpc) is 2.64. The van der Waals surface area contributed by atoms with Crippen LogP contribution in [0.5, 0.6) is 0 Å². The van der Waals surface area contributed by atoms with E-state index in [2.05, 4.69) is 13.8 Å². The maximum absolute atomic E-state index is 15.3. The van der Waals surface area contributed by atoms with Gasteiger partial charge in [0.2, 0.25) is 0 Å². The van der Waals surface area contributed by atoms with E-state index in [-0.39, 0.29) is 18.0 Å². The lowest BCUT2D eigenvalue weighted by Gasteiger charge is -2.61. The number of halogens is 1. The van der Waals surface area contributed by atoms with E-state index in [1.165, 1.54) is 0 Å². The molecule has 138 valence electrons. The summed E-state index contributed by atoms with van der Waals surface area (Å²) in [6.45, 7) is 5.74. The van der Waals surface area contributed by atoms with Gasteiger partial charge in [-0.05, 0) is 64.2 Å². The molecule has 0 radical (unpaired) electrons. The summed E-state index contributed by atoms with van der Waals surface area (Å²) in [6, 6.07) is 0. The first-order chi connectivity index (χ1) is 11.6. The molecule has 0 N–H and O–H groups in total. The summed E-state index contributed by atoms with van der Waals surface area (Å²) in [6.07, 6.45) is 7.60. The van der Waals surface area contributed by atoms with E-state index in [1.54, 1.807) is 0 Å². The lowest BCUT2D eigenvalue weighted by atomic mass is 9.42. The molecule has 3 aliphatic rings. The number of Topliss-reactive ketones (excluding diaryl/α,β-unsaturated/α-hetero) is 1. The molecule has 4 heteroatoms. The molecule has 0 heterocycles. The van der Waals surface area contributed by atoms with E-state index in [0.29, 0.717) is 25.7 Å². The normalized spacial score (nSPS) is 42.5.